The molecule has 0 unspecified atom stereocenters. The molecule has 0 aliphatic heterocycles. The average molecular weight is 458 g/mol. The number of nitrogens with zero attached hydrogens (tertiary/aromatic N) is 2. The van der Waals surface area contributed by atoms with Gasteiger partial charge in [-0.2, -0.15) is 0 Å². The third-order valence-corrected chi connectivity index (χ3v) is 6.15. The monoisotopic (exact) mass is 457 g/mol. The summed E-state index contributed by atoms with van der Waals surface area (Å²) < 4.78 is 20.3. The maximum absolute atomic E-state index is 14.2. The summed E-state index contributed by atoms with van der Waals surface area (Å²) in [6.07, 6.45) is 5.60. The van der Waals surface area contributed by atoms with Crippen molar-refractivity contribution in [1.82, 2.24) is 15.0 Å². The van der Waals surface area contributed by atoms with E-state index in [1.807, 2.05) is 0 Å². The number of nitrogens with two attached hydrogens (primary N) is 1. The van der Waals surface area contributed by atoms with E-state index in [-0.39, 0.29) is 29.8 Å². The van der Waals surface area contributed by atoms with Crippen molar-refractivity contribution in [3.8, 4) is 11.4 Å². The minimum Gasteiger partial charge on any atom is -0.444 e. The number of ether oxygens (including phenoxy) is 1. The molecule has 1 amide bonds. The van der Waals surface area contributed by atoms with Crippen LogP contribution in [0.1, 0.15) is 6.42 Å². The number of halogens is 2. The average Bonchev–Trinajstić information content (AvgIpc) is 3.39. The van der Waals surface area contributed by atoms with Gasteiger partial charge in [0.1, 0.15) is 23.3 Å². The van der Waals surface area contributed by atoms with Crippen molar-refractivity contribution >= 4 is 38.9 Å². The summed E-state index contributed by atoms with van der Waals surface area (Å²) in [4.78, 5) is 23.3. The lowest BCUT2D eigenvalue weighted by Crippen LogP contribution is -2.41. The summed E-state index contributed by atoms with van der Waals surface area (Å²) in [5.74, 6) is 0.378. The number of amides is 1. The maximum atomic E-state index is 14.2. The quantitative estimate of drug-likeness (QED) is 0.513. The van der Waals surface area contributed by atoms with E-state index in [1.165, 1.54) is 6.07 Å². The van der Waals surface area contributed by atoms with Crippen LogP contribution in [-0.2, 0) is 4.74 Å². The Kier molecular flexibility index (Phi) is 4.27. The Morgan fingerprint density at radius 3 is 2.90 bits per heavy atom. The van der Waals surface area contributed by atoms with Crippen LogP contribution in [0.4, 0.5) is 14.9 Å². The van der Waals surface area contributed by atoms with E-state index in [4.69, 9.17) is 10.5 Å². The number of carbonyl (C=O) groups excluding carboxylic acids is 1. The van der Waals surface area contributed by atoms with Crippen LogP contribution in [-0.4, -0.2) is 33.2 Å². The summed E-state index contributed by atoms with van der Waals surface area (Å²) >= 11 is 3.53. The molecule has 148 valence electrons. The third-order valence-electron chi connectivity index (χ3n) is 5.55. The molecule has 1 aromatic carbocycles. The summed E-state index contributed by atoms with van der Waals surface area (Å²) in [7, 11) is 0. The van der Waals surface area contributed by atoms with E-state index in [1.54, 1.807) is 24.4 Å². The Hall–Kier alpha value is -2.94. The number of aromatic amines is 1. The largest absolute Gasteiger partial charge is 0.444 e. The molecule has 4 N–H and O–H groups in total. The lowest BCUT2D eigenvalue weighted by molar-refractivity contribution is 0.0854. The first-order valence-corrected chi connectivity index (χ1v) is 10.0. The van der Waals surface area contributed by atoms with E-state index in [0.29, 0.717) is 22.6 Å². The van der Waals surface area contributed by atoms with Crippen molar-refractivity contribution in [3.63, 3.8) is 0 Å². The Bertz CT molecular complexity index is 1150. The number of imidazole rings is 1. The first-order valence-electron chi connectivity index (χ1n) is 9.21. The molecule has 5 rings (SSSR count). The lowest BCUT2D eigenvalue weighted by Gasteiger charge is -2.29. The first kappa shape index (κ1) is 18.1. The molecule has 0 spiro atoms. The lowest BCUT2D eigenvalue weighted by atomic mass is 9.98. The predicted octanol–water partition coefficient (Wildman–Crippen LogP) is 3.98. The van der Waals surface area contributed by atoms with E-state index < -0.39 is 6.09 Å². The standard InChI is InChI=1S/C20H17BrFN5O2/c21-12-8-24-19-16(26-18(27-19)11-3-1-2-4-13(11)22)15(12)25-14-9-5-6-10(7-9)17(14)29-20(23)28/h1-6,8-10,14,17H,7H2,(H2,23,28)(H2,24,25,26,27)/t9-,10+,14+,17-/m0/s1. The second kappa shape index (κ2) is 6.84. The van der Waals surface area contributed by atoms with Gasteiger partial charge in [0.25, 0.3) is 0 Å². The van der Waals surface area contributed by atoms with Gasteiger partial charge in [0, 0.05) is 18.0 Å². The Labute approximate surface area is 173 Å². The number of pyridine rings is 1. The van der Waals surface area contributed by atoms with Crippen LogP contribution in [0, 0.1) is 17.7 Å². The number of primary amides is 1. The van der Waals surface area contributed by atoms with E-state index >= 15 is 0 Å². The molecule has 0 saturated heterocycles. The van der Waals surface area contributed by atoms with Gasteiger partial charge in [-0.15, -0.1) is 0 Å². The third kappa shape index (κ3) is 3.05. The summed E-state index contributed by atoms with van der Waals surface area (Å²) in [6.45, 7) is 0. The van der Waals surface area contributed by atoms with Gasteiger partial charge < -0.3 is 20.8 Å². The van der Waals surface area contributed by atoms with Gasteiger partial charge in [-0.1, -0.05) is 24.3 Å². The molecule has 2 aliphatic carbocycles. The van der Waals surface area contributed by atoms with Gasteiger partial charge in [0.2, 0.25) is 0 Å². The molecule has 2 aliphatic rings. The Morgan fingerprint density at radius 2 is 2.10 bits per heavy atom. The number of rotatable bonds is 4. The van der Waals surface area contributed by atoms with Crippen molar-refractivity contribution < 1.29 is 13.9 Å². The Balaban J connectivity index is 1.55. The van der Waals surface area contributed by atoms with Crippen molar-refractivity contribution in [1.29, 1.82) is 0 Å². The molecule has 9 heteroatoms. The number of nitrogens with one attached hydrogen (secondary N) is 2. The summed E-state index contributed by atoms with van der Waals surface area (Å²) in [5.41, 5.74) is 7.47. The molecular weight excluding hydrogens is 441 g/mol. The highest BCUT2D eigenvalue weighted by Gasteiger charge is 2.47. The molecule has 29 heavy (non-hydrogen) atoms. The fraction of sp³-hybridized carbons (Fsp3) is 0.250. The van der Waals surface area contributed by atoms with Crippen molar-refractivity contribution in [2.45, 2.75) is 18.6 Å². The molecule has 1 saturated carbocycles. The van der Waals surface area contributed by atoms with E-state index in [0.717, 1.165) is 16.6 Å². The van der Waals surface area contributed by atoms with Gasteiger partial charge in [-0.05, 0) is 34.5 Å². The summed E-state index contributed by atoms with van der Waals surface area (Å²) in [5, 5.41) is 3.48. The van der Waals surface area contributed by atoms with Crippen LogP contribution >= 0.6 is 15.9 Å². The zero-order valence-electron chi connectivity index (χ0n) is 15.1. The van der Waals surface area contributed by atoms with Gasteiger partial charge in [0.15, 0.2) is 5.65 Å². The van der Waals surface area contributed by atoms with Crippen molar-refractivity contribution in [2.75, 3.05) is 5.32 Å². The van der Waals surface area contributed by atoms with Gasteiger partial charge in [-0.3, -0.25) is 0 Å². The first-order chi connectivity index (χ1) is 14.0. The summed E-state index contributed by atoms with van der Waals surface area (Å²) in [6, 6.07) is 6.29. The molecule has 3 aromatic rings. The number of benzene rings is 1. The highest BCUT2D eigenvalue weighted by molar-refractivity contribution is 9.10. The van der Waals surface area contributed by atoms with Crippen LogP contribution in [0.2, 0.25) is 0 Å². The number of hydrogen-bond acceptors (Lipinski definition) is 5. The van der Waals surface area contributed by atoms with E-state index in [2.05, 4.69) is 48.4 Å². The fourth-order valence-corrected chi connectivity index (χ4v) is 4.70. The molecule has 0 radical (unpaired) electrons. The molecular formula is C20H17BrFN5O2. The number of aromatic nitrogens is 3. The van der Waals surface area contributed by atoms with Crippen LogP contribution < -0.4 is 11.1 Å². The van der Waals surface area contributed by atoms with Crippen LogP contribution in [0.25, 0.3) is 22.6 Å². The zero-order valence-corrected chi connectivity index (χ0v) is 16.7. The van der Waals surface area contributed by atoms with Crippen molar-refractivity contribution in [2.24, 2.45) is 17.6 Å². The Morgan fingerprint density at radius 1 is 1.31 bits per heavy atom. The second-order valence-electron chi connectivity index (χ2n) is 7.26. The highest BCUT2D eigenvalue weighted by Crippen LogP contribution is 2.44. The normalized spacial score (nSPS) is 24.9. The number of carbonyl (C=O) groups is 1. The maximum Gasteiger partial charge on any atom is 0.404 e. The number of fused-ring (bicyclic) bond motifs is 3. The second-order valence-corrected chi connectivity index (χ2v) is 8.12. The number of hydrogen-bond donors (Lipinski definition) is 3. The molecule has 1 fully saturated rings. The minimum absolute atomic E-state index is 0.136. The van der Waals surface area contributed by atoms with Crippen molar-refractivity contribution in [3.05, 3.63) is 52.9 Å². The van der Waals surface area contributed by atoms with Crippen LogP contribution in [0.3, 0.4) is 0 Å². The molecule has 4 atom stereocenters. The van der Waals surface area contributed by atoms with Gasteiger partial charge in [-0.25, -0.2) is 19.2 Å². The smallest absolute Gasteiger partial charge is 0.404 e. The van der Waals surface area contributed by atoms with Crippen LogP contribution in [0.5, 0.6) is 0 Å². The fourth-order valence-electron chi connectivity index (χ4n) is 4.28. The minimum atomic E-state index is -0.787. The topological polar surface area (TPSA) is 106 Å². The number of H-pyrrole nitrogens is 1. The molecule has 2 bridgehead atoms. The molecule has 2 heterocycles. The molecule has 7 nitrogen and oxygen atoms in total. The number of anilines is 1. The van der Waals surface area contributed by atoms with Crippen LogP contribution in [0.15, 0.2) is 47.1 Å². The SMILES string of the molecule is NC(=O)O[C@@H]1[C@H](Nc2c(Br)cnc3nc(-c4ccccc4F)[nH]c23)[C@H]2C=C[C@@H]1C2. The predicted molar refractivity (Wildman–Crippen MR) is 110 cm³/mol. The highest BCUT2D eigenvalue weighted by atomic mass is 79.9. The van der Waals surface area contributed by atoms with Gasteiger partial charge >= 0.3 is 6.09 Å². The van der Waals surface area contributed by atoms with E-state index in [9.17, 15) is 9.18 Å². The molecule has 2 aromatic heterocycles. The zero-order chi connectivity index (χ0) is 20.1. The van der Waals surface area contributed by atoms with Gasteiger partial charge in [0.05, 0.1) is 21.8 Å².